The summed E-state index contributed by atoms with van der Waals surface area (Å²) in [6.07, 6.45) is 0. The third-order valence-electron chi connectivity index (χ3n) is 3.93. The normalized spacial score (nSPS) is 11.7. The van der Waals surface area contributed by atoms with Gasteiger partial charge in [-0.1, -0.05) is 53.5 Å². The van der Waals surface area contributed by atoms with Gasteiger partial charge in [-0.15, -0.1) is 0 Å². The molecule has 0 saturated carbocycles. The quantitative estimate of drug-likeness (QED) is 0.823. The van der Waals surface area contributed by atoms with E-state index < -0.39 is 6.04 Å². The second kappa shape index (κ2) is 8.88. The van der Waals surface area contributed by atoms with Crippen LogP contribution in [-0.2, 0) is 22.7 Å². The molecule has 4 nitrogen and oxygen atoms in total. The van der Waals surface area contributed by atoms with E-state index >= 15 is 0 Å². The van der Waals surface area contributed by atoms with Crippen molar-refractivity contribution >= 4 is 35.0 Å². The van der Waals surface area contributed by atoms with Crippen LogP contribution in [0.25, 0.3) is 0 Å². The Morgan fingerprint density at radius 2 is 1.72 bits per heavy atom. The summed E-state index contributed by atoms with van der Waals surface area (Å²) >= 11 is 12.0. The van der Waals surface area contributed by atoms with Crippen molar-refractivity contribution in [3.63, 3.8) is 0 Å². The van der Waals surface area contributed by atoms with Crippen molar-refractivity contribution in [1.29, 1.82) is 0 Å². The fourth-order valence-electron chi connectivity index (χ4n) is 2.42. The van der Waals surface area contributed by atoms with Gasteiger partial charge in [-0.05, 0) is 36.2 Å². The molecule has 0 fully saturated rings. The summed E-state index contributed by atoms with van der Waals surface area (Å²) in [7, 11) is 0. The Balaban J connectivity index is 2.02. The standard InChI is InChI=1S/C19H20Cl2N2O2/c1-13(19(25)22-11-16-5-3-4-6-18(16)21)23(14(2)24)12-15-7-9-17(20)10-8-15/h3-10,13H,11-12H2,1-2H3,(H,22,25). The largest absolute Gasteiger partial charge is 0.350 e. The number of amides is 2. The molecule has 0 aliphatic carbocycles. The Kier molecular flexibility index (Phi) is 6.85. The minimum atomic E-state index is -0.601. The average molecular weight is 379 g/mol. The second-order valence-electron chi connectivity index (χ2n) is 5.76. The van der Waals surface area contributed by atoms with E-state index in [-0.39, 0.29) is 11.8 Å². The smallest absolute Gasteiger partial charge is 0.242 e. The summed E-state index contributed by atoms with van der Waals surface area (Å²) in [5.74, 6) is -0.403. The van der Waals surface area contributed by atoms with Gasteiger partial charge in [0.2, 0.25) is 11.8 Å². The monoisotopic (exact) mass is 378 g/mol. The van der Waals surface area contributed by atoms with Crippen LogP contribution in [-0.4, -0.2) is 22.8 Å². The van der Waals surface area contributed by atoms with E-state index in [1.54, 1.807) is 25.1 Å². The van der Waals surface area contributed by atoms with Crippen molar-refractivity contribution in [2.45, 2.75) is 33.0 Å². The molecule has 2 rings (SSSR count). The van der Waals surface area contributed by atoms with E-state index in [9.17, 15) is 9.59 Å². The first-order chi connectivity index (χ1) is 11.9. The van der Waals surface area contributed by atoms with E-state index in [0.29, 0.717) is 23.1 Å². The van der Waals surface area contributed by atoms with Crippen LogP contribution >= 0.6 is 23.2 Å². The molecule has 0 radical (unpaired) electrons. The van der Waals surface area contributed by atoms with Crippen molar-refractivity contribution in [2.24, 2.45) is 0 Å². The molecule has 0 aromatic heterocycles. The maximum Gasteiger partial charge on any atom is 0.242 e. The van der Waals surface area contributed by atoms with E-state index in [1.165, 1.54) is 11.8 Å². The molecular formula is C19H20Cl2N2O2. The number of halogens is 2. The summed E-state index contributed by atoms with van der Waals surface area (Å²) < 4.78 is 0. The fraction of sp³-hybridized carbons (Fsp3) is 0.263. The summed E-state index contributed by atoms with van der Waals surface area (Å²) in [5.41, 5.74) is 1.74. The highest BCUT2D eigenvalue weighted by atomic mass is 35.5. The highest BCUT2D eigenvalue weighted by molar-refractivity contribution is 6.31. The van der Waals surface area contributed by atoms with Gasteiger partial charge in [0, 0.05) is 30.1 Å². The molecule has 2 aromatic rings. The lowest BCUT2D eigenvalue weighted by molar-refractivity contribution is -0.139. The van der Waals surface area contributed by atoms with E-state index in [1.807, 2.05) is 30.3 Å². The Morgan fingerprint density at radius 3 is 2.32 bits per heavy atom. The number of carbonyl (C=O) groups is 2. The summed E-state index contributed by atoms with van der Waals surface area (Å²) in [5, 5.41) is 4.06. The Bertz CT molecular complexity index is 747. The summed E-state index contributed by atoms with van der Waals surface area (Å²) in [6, 6.07) is 13.9. The van der Waals surface area contributed by atoms with Crippen LogP contribution in [0.4, 0.5) is 0 Å². The number of benzene rings is 2. The highest BCUT2D eigenvalue weighted by Gasteiger charge is 2.23. The number of hydrogen-bond acceptors (Lipinski definition) is 2. The van der Waals surface area contributed by atoms with Crippen molar-refractivity contribution in [3.05, 3.63) is 69.7 Å². The minimum Gasteiger partial charge on any atom is -0.350 e. The molecule has 25 heavy (non-hydrogen) atoms. The first-order valence-electron chi connectivity index (χ1n) is 7.91. The van der Waals surface area contributed by atoms with E-state index in [4.69, 9.17) is 23.2 Å². The van der Waals surface area contributed by atoms with E-state index in [0.717, 1.165) is 11.1 Å². The van der Waals surface area contributed by atoms with Crippen LogP contribution in [0.3, 0.4) is 0 Å². The lowest BCUT2D eigenvalue weighted by atomic mass is 10.1. The lowest BCUT2D eigenvalue weighted by Gasteiger charge is -2.27. The number of carbonyl (C=O) groups excluding carboxylic acids is 2. The second-order valence-corrected chi connectivity index (χ2v) is 6.60. The van der Waals surface area contributed by atoms with Crippen LogP contribution in [0, 0.1) is 0 Å². The van der Waals surface area contributed by atoms with Gasteiger partial charge in [-0.3, -0.25) is 9.59 Å². The van der Waals surface area contributed by atoms with Gasteiger partial charge in [-0.2, -0.15) is 0 Å². The molecule has 0 aliphatic heterocycles. The molecule has 2 aromatic carbocycles. The Labute approximate surface area is 157 Å². The molecule has 1 unspecified atom stereocenters. The Morgan fingerprint density at radius 1 is 1.08 bits per heavy atom. The van der Waals surface area contributed by atoms with Gasteiger partial charge >= 0.3 is 0 Å². The number of nitrogens with zero attached hydrogens (tertiary/aromatic N) is 1. The maximum atomic E-state index is 12.4. The van der Waals surface area contributed by atoms with Gasteiger partial charge in [-0.25, -0.2) is 0 Å². The van der Waals surface area contributed by atoms with Crippen molar-refractivity contribution in [3.8, 4) is 0 Å². The highest BCUT2D eigenvalue weighted by Crippen LogP contribution is 2.16. The maximum absolute atomic E-state index is 12.4. The van der Waals surface area contributed by atoms with E-state index in [2.05, 4.69) is 5.32 Å². The molecule has 0 bridgehead atoms. The minimum absolute atomic E-state index is 0.171. The Hall–Kier alpha value is -2.04. The fourth-order valence-corrected chi connectivity index (χ4v) is 2.75. The molecule has 6 heteroatoms. The zero-order valence-corrected chi connectivity index (χ0v) is 15.6. The third-order valence-corrected chi connectivity index (χ3v) is 4.55. The van der Waals surface area contributed by atoms with Gasteiger partial charge in [0.1, 0.15) is 6.04 Å². The third kappa shape index (κ3) is 5.48. The van der Waals surface area contributed by atoms with Crippen LogP contribution in [0.5, 0.6) is 0 Å². The predicted octanol–water partition coefficient (Wildman–Crippen LogP) is 4.05. The van der Waals surface area contributed by atoms with Gasteiger partial charge in [0.25, 0.3) is 0 Å². The molecule has 132 valence electrons. The van der Waals surface area contributed by atoms with Crippen molar-refractivity contribution in [2.75, 3.05) is 0 Å². The summed E-state index contributed by atoms with van der Waals surface area (Å²) in [4.78, 5) is 26.0. The van der Waals surface area contributed by atoms with Gasteiger partial charge < -0.3 is 10.2 Å². The number of hydrogen-bond donors (Lipinski definition) is 1. The van der Waals surface area contributed by atoms with Gasteiger partial charge in [0.05, 0.1) is 0 Å². The van der Waals surface area contributed by atoms with Crippen LogP contribution < -0.4 is 5.32 Å². The molecular weight excluding hydrogens is 359 g/mol. The van der Waals surface area contributed by atoms with Crippen LogP contribution in [0.2, 0.25) is 10.0 Å². The predicted molar refractivity (Wildman–Crippen MR) is 100 cm³/mol. The summed E-state index contributed by atoms with van der Waals surface area (Å²) in [6.45, 7) is 3.82. The van der Waals surface area contributed by atoms with Crippen molar-refractivity contribution in [1.82, 2.24) is 10.2 Å². The zero-order chi connectivity index (χ0) is 18.4. The SMILES string of the molecule is CC(=O)N(Cc1ccc(Cl)cc1)C(C)C(=O)NCc1ccccc1Cl. The molecule has 2 amide bonds. The van der Waals surface area contributed by atoms with Crippen molar-refractivity contribution < 1.29 is 9.59 Å². The molecule has 0 saturated heterocycles. The van der Waals surface area contributed by atoms with Crippen LogP contribution in [0.15, 0.2) is 48.5 Å². The number of nitrogens with one attached hydrogen (secondary N) is 1. The average Bonchev–Trinajstić information content (AvgIpc) is 2.59. The van der Waals surface area contributed by atoms with Crippen LogP contribution in [0.1, 0.15) is 25.0 Å². The molecule has 0 spiro atoms. The molecule has 1 N–H and O–H groups in total. The molecule has 1 atom stereocenters. The first kappa shape index (κ1) is 19.3. The number of rotatable bonds is 6. The topological polar surface area (TPSA) is 49.4 Å². The molecule has 0 heterocycles. The molecule has 0 aliphatic rings. The lowest BCUT2D eigenvalue weighted by Crippen LogP contribution is -2.46. The van der Waals surface area contributed by atoms with Gasteiger partial charge in [0.15, 0.2) is 0 Å². The zero-order valence-electron chi connectivity index (χ0n) is 14.1. The first-order valence-corrected chi connectivity index (χ1v) is 8.67.